The summed E-state index contributed by atoms with van der Waals surface area (Å²) in [5.74, 6) is 1.70. The molecule has 1 saturated heterocycles. The SMILES string of the molecule is CN1CCOC(c2noc(COc3ccc(N)cc3)n2)C1. The van der Waals surface area contributed by atoms with Gasteiger partial charge in [0.1, 0.15) is 11.9 Å². The molecule has 0 aliphatic carbocycles. The van der Waals surface area contributed by atoms with Crippen LogP contribution >= 0.6 is 0 Å². The molecule has 7 heteroatoms. The summed E-state index contributed by atoms with van der Waals surface area (Å²) in [6.45, 7) is 2.58. The summed E-state index contributed by atoms with van der Waals surface area (Å²) in [5, 5.41) is 3.96. The van der Waals surface area contributed by atoms with Crippen LogP contribution in [0.1, 0.15) is 17.8 Å². The van der Waals surface area contributed by atoms with Crippen molar-refractivity contribution in [2.45, 2.75) is 12.7 Å². The van der Waals surface area contributed by atoms with Gasteiger partial charge in [-0.25, -0.2) is 0 Å². The molecule has 2 N–H and O–H groups in total. The Morgan fingerprint density at radius 1 is 1.38 bits per heavy atom. The number of nitrogens with two attached hydrogens (primary N) is 1. The van der Waals surface area contributed by atoms with E-state index in [0.29, 0.717) is 29.8 Å². The number of ether oxygens (including phenoxy) is 2. The van der Waals surface area contributed by atoms with Crippen LogP contribution in [-0.2, 0) is 11.3 Å². The van der Waals surface area contributed by atoms with Gasteiger partial charge in [-0.15, -0.1) is 0 Å². The Morgan fingerprint density at radius 3 is 2.95 bits per heavy atom. The first-order chi connectivity index (χ1) is 10.2. The second-order valence-electron chi connectivity index (χ2n) is 5.03. The van der Waals surface area contributed by atoms with E-state index in [9.17, 15) is 0 Å². The highest BCUT2D eigenvalue weighted by atomic mass is 16.5. The molecule has 21 heavy (non-hydrogen) atoms. The quantitative estimate of drug-likeness (QED) is 0.847. The highest BCUT2D eigenvalue weighted by Gasteiger charge is 2.24. The lowest BCUT2D eigenvalue weighted by Crippen LogP contribution is -2.35. The first-order valence-corrected chi connectivity index (χ1v) is 6.81. The first-order valence-electron chi connectivity index (χ1n) is 6.81. The lowest BCUT2D eigenvalue weighted by Gasteiger charge is -2.27. The van der Waals surface area contributed by atoms with E-state index in [-0.39, 0.29) is 12.7 Å². The monoisotopic (exact) mass is 290 g/mol. The second-order valence-corrected chi connectivity index (χ2v) is 5.03. The van der Waals surface area contributed by atoms with Crippen LogP contribution in [0.15, 0.2) is 28.8 Å². The molecular weight excluding hydrogens is 272 g/mol. The average Bonchev–Trinajstić information content (AvgIpc) is 2.96. The van der Waals surface area contributed by atoms with Crippen molar-refractivity contribution in [3.63, 3.8) is 0 Å². The van der Waals surface area contributed by atoms with E-state index in [1.807, 2.05) is 7.05 Å². The van der Waals surface area contributed by atoms with Crippen molar-refractivity contribution in [1.82, 2.24) is 15.0 Å². The summed E-state index contributed by atoms with van der Waals surface area (Å²) in [6, 6.07) is 7.15. The number of aromatic nitrogens is 2. The van der Waals surface area contributed by atoms with Gasteiger partial charge in [0.05, 0.1) is 6.61 Å². The Balaban J connectivity index is 1.58. The van der Waals surface area contributed by atoms with E-state index in [1.165, 1.54) is 0 Å². The van der Waals surface area contributed by atoms with E-state index < -0.39 is 0 Å². The third-order valence-electron chi connectivity index (χ3n) is 3.28. The number of anilines is 1. The van der Waals surface area contributed by atoms with Crippen molar-refractivity contribution in [3.8, 4) is 5.75 Å². The molecule has 3 rings (SSSR count). The van der Waals surface area contributed by atoms with Crippen molar-refractivity contribution in [3.05, 3.63) is 36.0 Å². The highest BCUT2D eigenvalue weighted by Crippen LogP contribution is 2.19. The minimum Gasteiger partial charge on any atom is -0.484 e. The zero-order valence-electron chi connectivity index (χ0n) is 11.9. The van der Waals surface area contributed by atoms with Gasteiger partial charge in [0.25, 0.3) is 5.89 Å². The van der Waals surface area contributed by atoms with Crippen molar-refractivity contribution in [1.29, 1.82) is 0 Å². The third-order valence-corrected chi connectivity index (χ3v) is 3.28. The fourth-order valence-electron chi connectivity index (χ4n) is 2.10. The van der Waals surface area contributed by atoms with Crippen molar-refractivity contribution < 1.29 is 14.0 Å². The normalized spacial score (nSPS) is 19.6. The average molecular weight is 290 g/mol. The van der Waals surface area contributed by atoms with E-state index >= 15 is 0 Å². The fraction of sp³-hybridized carbons (Fsp3) is 0.429. The van der Waals surface area contributed by atoms with Gasteiger partial charge in [0.15, 0.2) is 6.61 Å². The maximum Gasteiger partial charge on any atom is 0.264 e. The van der Waals surface area contributed by atoms with Gasteiger partial charge in [0, 0.05) is 18.8 Å². The first kappa shape index (κ1) is 13.8. The predicted molar refractivity (Wildman–Crippen MR) is 75.7 cm³/mol. The molecule has 2 aromatic rings. The molecule has 0 spiro atoms. The van der Waals surface area contributed by atoms with Gasteiger partial charge in [-0.1, -0.05) is 5.16 Å². The predicted octanol–water partition coefficient (Wildman–Crippen LogP) is 1.23. The minimum absolute atomic E-state index is 0.141. The van der Waals surface area contributed by atoms with E-state index in [1.54, 1.807) is 24.3 Å². The summed E-state index contributed by atoms with van der Waals surface area (Å²) < 4.78 is 16.4. The molecular formula is C14H18N4O3. The van der Waals surface area contributed by atoms with Crippen molar-refractivity contribution in [2.75, 3.05) is 32.5 Å². The largest absolute Gasteiger partial charge is 0.484 e. The zero-order valence-corrected chi connectivity index (χ0v) is 11.9. The van der Waals surface area contributed by atoms with Crippen LogP contribution in [0.3, 0.4) is 0 Å². The summed E-state index contributed by atoms with van der Waals surface area (Å²) in [4.78, 5) is 6.50. The number of hydrogen-bond donors (Lipinski definition) is 1. The molecule has 7 nitrogen and oxygen atoms in total. The van der Waals surface area contributed by atoms with E-state index in [2.05, 4.69) is 15.0 Å². The van der Waals surface area contributed by atoms with Crippen molar-refractivity contribution >= 4 is 5.69 Å². The van der Waals surface area contributed by atoms with E-state index in [4.69, 9.17) is 19.7 Å². The molecule has 0 radical (unpaired) electrons. The Labute approximate surface area is 122 Å². The molecule has 112 valence electrons. The maximum atomic E-state index is 5.64. The van der Waals surface area contributed by atoms with Crippen LogP contribution in [-0.4, -0.2) is 41.8 Å². The van der Waals surface area contributed by atoms with Crippen LogP contribution in [0.5, 0.6) is 5.75 Å². The van der Waals surface area contributed by atoms with Gasteiger partial charge in [0.2, 0.25) is 5.82 Å². The highest BCUT2D eigenvalue weighted by molar-refractivity contribution is 5.41. The van der Waals surface area contributed by atoms with Gasteiger partial charge >= 0.3 is 0 Å². The zero-order chi connectivity index (χ0) is 14.7. The van der Waals surface area contributed by atoms with Gasteiger partial charge in [-0.3, -0.25) is 0 Å². The van der Waals surface area contributed by atoms with Crippen LogP contribution in [0.2, 0.25) is 0 Å². The lowest BCUT2D eigenvalue weighted by molar-refractivity contribution is -0.0264. The molecule has 1 fully saturated rings. The fourth-order valence-corrected chi connectivity index (χ4v) is 2.10. The van der Waals surface area contributed by atoms with Crippen LogP contribution in [0, 0.1) is 0 Å². The molecule has 1 unspecified atom stereocenters. The smallest absolute Gasteiger partial charge is 0.264 e. The molecule has 0 bridgehead atoms. The number of morpholine rings is 1. The number of benzene rings is 1. The van der Waals surface area contributed by atoms with Gasteiger partial charge in [-0.2, -0.15) is 4.98 Å². The lowest BCUT2D eigenvalue weighted by atomic mass is 10.3. The summed E-state index contributed by atoms with van der Waals surface area (Å²) >= 11 is 0. The third kappa shape index (κ3) is 3.50. The van der Waals surface area contributed by atoms with Gasteiger partial charge in [-0.05, 0) is 31.3 Å². The molecule has 1 aliphatic rings. The molecule has 1 aromatic heterocycles. The number of hydrogen-bond acceptors (Lipinski definition) is 7. The van der Waals surface area contributed by atoms with Gasteiger partial charge < -0.3 is 24.6 Å². The molecule has 1 aliphatic heterocycles. The Morgan fingerprint density at radius 2 is 2.19 bits per heavy atom. The topological polar surface area (TPSA) is 86.6 Å². The molecule has 1 aromatic carbocycles. The van der Waals surface area contributed by atoms with Crippen LogP contribution in [0.4, 0.5) is 5.69 Å². The number of rotatable bonds is 4. The Bertz CT molecular complexity index is 584. The number of likely N-dealkylation sites (N-methyl/N-ethyl adjacent to an activating group) is 1. The standard InChI is InChI=1S/C14H18N4O3/c1-18-6-7-19-12(8-18)14-16-13(21-17-14)9-20-11-4-2-10(15)3-5-11/h2-5,12H,6-9,15H2,1H3. The molecule has 0 amide bonds. The summed E-state index contributed by atoms with van der Waals surface area (Å²) in [5.41, 5.74) is 6.31. The molecule has 1 atom stereocenters. The Hall–Kier alpha value is -2.12. The summed E-state index contributed by atoms with van der Waals surface area (Å²) in [7, 11) is 2.04. The van der Waals surface area contributed by atoms with Crippen LogP contribution in [0.25, 0.3) is 0 Å². The summed E-state index contributed by atoms with van der Waals surface area (Å²) in [6.07, 6.45) is -0.141. The molecule has 0 saturated carbocycles. The van der Waals surface area contributed by atoms with E-state index in [0.717, 1.165) is 13.1 Å². The van der Waals surface area contributed by atoms with Crippen LogP contribution < -0.4 is 10.5 Å². The maximum absolute atomic E-state index is 5.64. The minimum atomic E-state index is -0.141. The Kier molecular flexibility index (Phi) is 4.03. The number of nitrogens with zero attached hydrogens (tertiary/aromatic N) is 3. The number of nitrogen functional groups attached to an aromatic ring is 1. The molecule has 2 heterocycles. The van der Waals surface area contributed by atoms with Crippen molar-refractivity contribution in [2.24, 2.45) is 0 Å². The second kappa shape index (κ2) is 6.11.